The predicted octanol–water partition coefficient (Wildman–Crippen LogP) is 2.41. The van der Waals surface area contributed by atoms with Gasteiger partial charge in [-0.2, -0.15) is 0 Å². The van der Waals surface area contributed by atoms with Gasteiger partial charge in [0.05, 0.1) is 6.61 Å². The largest absolute Gasteiger partial charge is 0.494 e. The van der Waals surface area contributed by atoms with E-state index in [-0.39, 0.29) is 29.9 Å². The third kappa shape index (κ3) is 5.24. The van der Waals surface area contributed by atoms with Crippen molar-refractivity contribution >= 4 is 11.8 Å². The lowest BCUT2D eigenvalue weighted by Gasteiger charge is -2.33. The van der Waals surface area contributed by atoms with Crippen molar-refractivity contribution in [1.82, 2.24) is 21.1 Å². The van der Waals surface area contributed by atoms with Gasteiger partial charge < -0.3 is 15.0 Å². The van der Waals surface area contributed by atoms with E-state index in [0.717, 1.165) is 24.2 Å². The lowest BCUT2D eigenvalue weighted by molar-refractivity contribution is -0.134. The summed E-state index contributed by atoms with van der Waals surface area (Å²) in [5, 5.41) is 3.09. The summed E-state index contributed by atoms with van der Waals surface area (Å²) in [5.74, 6) is 0.922. The second kappa shape index (κ2) is 9.94. The number of likely N-dealkylation sites (tertiary alicyclic amines) is 1. The highest BCUT2D eigenvalue weighted by molar-refractivity contribution is 5.94. The molecule has 31 heavy (non-hydrogen) atoms. The summed E-state index contributed by atoms with van der Waals surface area (Å²) in [6.07, 6.45) is 2.25. The minimum absolute atomic E-state index is 0.0507. The first kappa shape index (κ1) is 21.3. The Labute approximate surface area is 183 Å². The van der Waals surface area contributed by atoms with E-state index in [0.29, 0.717) is 31.7 Å². The number of hydrogen-bond acceptors (Lipinski definition) is 5. The molecule has 2 aliphatic rings. The smallest absolute Gasteiger partial charge is 0.251 e. The lowest BCUT2D eigenvalue weighted by atomic mass is 9.99. The van der Waals surface area contributed by atoms with Crippen molar-refractivity contribution in [1.29, 1.82) is 0 Å². The standard InChI is InChI=1S/C24H30N4O3/c1-2-31-20-10-8-17(9-11-20)21-16-22(27-26-21)24(30)28-14-12-19(13-15-28)25-23(29)18-6-4-3-5-7-18/h3-11,19,21-22,26-27H,2,12-16H2,1H3,(H,25,29). The fourth-order valence-electron chi connectivity index (χ4n) is 4.22. The number of rotatable bonds is 6. The molecule has 7 heteroatoms. The molecule has 164 valence electrons. The zero-order valence-electron chi connectivity index (χ0n) is 17.8. The van der Waals surface area contributed by atoms with E-state index in [2.05, 4.69) is 16.2 Å². The van der Waals surface area contributed by atoms with Gasteiger partial charge in [-0.1, -0.05) is 30.3 Å². The van der Waals surface area contributed by atoms with Crippen molar-refractivity contribution in [3.8, 4) is 5.75 Å². The summed E-state index contributed by atoms with van der Waals surface area (Å²) < 4.78 is 5.50. The van der Waals surface area contributed by atoms with Crippen LogP contribution in [0.2, 0.25) is 0 Å². The van der Waals surface area contributed by atoms with Crippen LogP contribution in [0.1, 0.15) is 48.1 Å². The van der Waals surface area contributed by atoms with Crippen LogP contribution in [0.5, 0.6) is 5.75 Å². The molecule has 2 unspecified atom stereocenters. The second-order valence-corrected chi connectivity index (χ2v) is 8.07. The van der Waals surface area contributed by atoms with Gasteiger partial charge >= 0.3 is 0 Å². The second-order valence-electron chi connectivity index (χ2n) is 8.07. The number of hydrazine groups is 1. The molecule has 0 saturated carbocycles. The van der Waals surface area contributed by atoms with E-state index >= 15 is 0 Å². The zero-order chi connectivity index (χ0) is 21.6. The molecule has 0 bridgehead atoms. The van der Waals surface area contributed by atoms with Crippen LogP contribution in [0.3, 0.4) is 0 Å². The number of amides is 2. The summed E-state index contributed by atoms with van der Waals surface area (Å²) in [6, 6.07) is 17.2. The van der Waals surface area contributed by atoms with E-state index in [4.69, 9.17) is 4.74 Å². The Hall–Kier alpha value is -2.90. The average molecular weight is 423 g/mol. The van der Waals surface area contributed by atoms with E-state index in [1.165, 1.54) is 0 Å². The van der Waals surface area contributed by atoms with Crippen molar-refractivity contribution in [3.63, 3.8) is 0 Å². The van der Waals surface area contributed by atoms with Crippen molar-refractivity contribution < 1.29 is 14.3 Å². The Morgan fingerprint density at radius 2 is 1.74 bits per heavy atom. The average Bonchev–Trinajstić information content (AvgIpc) is 3.31. The summed E-state index contributed by atoms with van der Waals surface area (Å²) in [5.41, 5.74) is 8.22. The molecular weight excluding hydrogens is 392 g/mol. The maximum atomic E-state index is 13.0. The molecule has 0 radical (unpaired) electrons. The SMILES string of the molecule is CCOc1ccc(C2CC(C(=O)N3CCC(NC(=O)c4ccccc4)CC3)NN2)cc1. The quantitative estimate of drug-likeness (QED) is 0.666. The van der Waals surface area contributed by atoms with Gasteiger partial charge in [0, 0.05) is 30.7 Å². The van der Waals surface area contributed by atoms with Crippen LogP contribution in [0.4, 0.5) is 0 Å². The van der Waals surface area contributed by atoms with Crippen molar-refractivity contribution in [2.45, 2.75) is 44.3 Å². The van der Waals surface area contributed by atoms with Gasteiger partial charge in [-0.3, -0.25) is 9.59 Å². The van der Waals surface area contributed by atoms with Crippen LogP contribution in [0, 0.1) is 0 Å². The Kier molecular flexibility index (Phi) is 6.84. The molecule has 2 aliphatic heterocycles. The fourth-order valence-corrected chi connectivity index (χ4v) is 4.22. The molecular formula is C24H30N4O3. The van der Waals surface area contributed by atoms with Gasteiger partial charge in [0.1, 0.15) is 11.8 Å². The van der Waals surface area contributed by atoms with Crippen molar-refractivity contribution in [3.05, 3.63) is 65.7 Å². The first-order valence-corrected chi connectivity index (χ1v) is 11.0. The summed E-state index contributed by atoms with van der Waals surface area (Å²) in [6.45, 7) is 3.92. The molecule has 2 aromatic carbocycles. The molecule has 2 aromatic rings. The topological polar surface area (TPSA) is 82.7 Å². The van der Waals surface area contributed by atoms with E-state index in [1.807, 2.05) is 66.4 Å². The maximum Gasteiger partial charge on any atom is 0.251 e. The number of piperidine rings is 1. The highest BCUT2D eigenvalue weighted by Gasteiger charge is 2.34. The van der Waals surface area contributed by atoms with Crippen LogP contribution in [-0.4, -0.2) is 48.5 Å². The Morgan fingerprint density at radius 1 is 1.03 bits per heavy atom. The Bertz CT molecular complexity index is 879. The van der Waals surface area contributed by atoms with Crippen molar-refractivity contribution in [2.75, 3.05) is 19.7 Å². The third-order valence-electron chi connectivity index (χ3n) is 5.97. The molecule has 2 fully saturated rings. The molecule has 7 nitrogen and oxygen atoms in total. The summed E-state index contributed by atoms with van der Waals surface area (Å²) in [4.78, 5) is 27.2. The molecule has 2 amide bonds. The number of nitrogens with zero attached hydrogens (tertiary/aromatic N) is 1. The number of hydrogen-bond donors (Lipinski definition) is 3. The number of carbonyl (C=O) groups is 2. The normalized spacial score (nSPS) is 21.6. The minimum atomic E-state index is -0.243. The fraction of sp³-hybridized carbons (Fsp3) is 0.417. The van der Waals surface area contributed by atoms with Crippen molar-refractivity contribution in [2.24, 2.45) is 0 Å². The molecule has 3 N–H and O–H groups in total. The number of carbonyl (C=O) groups excluding carboxylic acids is 2. The van der Waals surface area contributed by atoms with Crippen LogP contribution in [0.25, 0.3) is 0 Å². The van der Waals surface area contributed by atoms with Gasteiger partial charge in [0.25, 0.3) is 5.91 Å². The molecule has 2 heterocycles. The van der Waals surface area contributed by atoms with Crippen LogP contribution in [-0.2, 0) is 4.79 Å². The predicted molar refractivity (Wildman–Crippen MR) is 119 cm³/mol. The Balaban J connectivity index is 1.25. The van der Waals surface area contributed by atoms with Crippen LogP contribution >= 0.6 is 0 Å². The molecule has 0 aliphatic carbocycles. The lowest BCUT2D eigenvalue weighted by Crippen LogP contribution is -2.51. The number of nitrogens with one attached hydrogen (secondary N) is 3. The molecule has 4 rings (SSSR count). The van der Waals surface area contributed by atoms with Gasteiger partial charge in [0.15, 0.2) is 0 Å². The van der Waals surface area contributed by atoms with Gasteiger partial charge in [0.2, 0.25) is 5.91 Å². The highest BCUT2D eigenvalue weighted by Crippen LogP contribution is 2.25. The van der Waals surface area contributed by atoms with Crippen LogP contribution in [0.15, 0.2) is 54.6 Å². The molecule has 0 aromatic heterocycles. The maximum absolute atomic E-state index is 13.0. The molecule has 2 saturated heterocycles. The highest BCUT2D eigenvalue weighted by atomic mass is 16.5. The molecule has 2 atom stereocenters. The van der Waals surface area contributed by atoms with Gasteiger partial charge in [-0.05, 0) is 56.0 Å². The minimum Gasteiger partial charge on any atom is -0.494 e. The number of ether oxygens (including phenoxy) is 1. The summed E-state index contributed by atoms with van der Waals surface area (Å²) in [7, 11) is 0. The van der Waals surface area contributed by atoms with Gasteiger partial charge in [-0.15, -0.1) is 0 Å². The first-order valence-electron chi connectivity index (χ1n) is 11.0. The van der Waals surface area contributed by atoms with Gasteiger partial charge in [-0.25, -0.2) is 10.9 Å². The monoisotopic (exact) mass is 422 g/mol. The van der Waals surface area contributed by atoms with E-state index in [9.17, 15) is 9.59 Å². The van der Waals surface area contributed by atoms with E-state index < -0.39 is 0 Å². The van der Waals surface area contributed by atoms with Crippen LogP contribution < -0.4 is 20.9 Å². The zero-order valence-corrected chi connectivity index (χ0v) is 17.8. The molecule has 0 spiro atoms. The summed E-state index contributed by atoms with van der Waals surface area (Å²) >= 11 is 0. The third-order valence-corrected chi connectivity index (χ3v) is 5.97. The van der Waals surface area contributed by atoms with E-state index in [1.54, 1.807) is 0 Å². The number of benzene rings is 2. The first-order chi connectivity index (χ1) is 15.1. The Morgan fingerprint density at radius 3 is 2.42 bits per heavy atom.